The van der Waals surface area contributed by atoms with E-state index in [0.717, 1.165) is 12.8 Å². The minimum atomic E-state index is -0.823. The highest BCUT2D eigenvalue weighted by atomic mass is 19.1. The number of hydrogen-bond donors (Lipinski definition) is 2. The van der Waals surface area contributed by atoms with Crippen molar-refractivity contribution in [3.05, 3.63) is 42.2 Å². The molecule has 0 bridgehead atoms. The van der Waals surface area contributed by atoms with E-state index in [1.54, 1.807) is 6.07 Å². The molecule has 114 valence electrons. The minimum Gasteiger partial charge on any atom is -0.491 e. The molecule has 0 saturated heterocycles. The van der Waals surface area contributed by atoms with Crippen LogP contribution in [0.25, 0.3) is 0 Å². The molecule has 0 spiro atoms. The summed E-state index contributed by atoms with van der Waals surface area (Å²) in [6.45, 7) is 0.137. The lowest BCUT2D eigenvalue weighted by molar-refractivity contribution is -0.122. The van der Waals surface area contributed by atoms with E-state index in [-0.39, 0.29) is 24.9 Å². The molecule has 2 rings (SSSR count). The molecule has 21 heavy (non-hydrogen) atoms. The third-order valence-corrected chi connectivity index (χ3v) is 3.33. The standard InChI is InChI=1S/C16H20FNO3/c17-13-6-3-7-15(9-13)21-11-14(19)10-18-16(20)8-12-4-1-2-5-12/h1,3-4,6-7,9,12,14,19H,2,5,8,10-11H2,(H,18,20)/t12-,14-/m1/s1. The van der Waals surface area contributed by atoms with Crippen LogP contribution in [0.5, 0.6) is 5.75 Å². The van der Waals surface area contributed by atoms with Crippen LogP contribution in [0.15, 0.2) is 36.4 Å². The summed E-state index contributed by atoms with van der Waals surface area (Å²) in [6.07, 6.45) is 5.81. The molecule has 0 aliphatic heterocycles. The Kier molecular flexibility index (Phi) is 5.75. The van der Waals surface area contributed by atoms with Crippen LogP contribution in [0.4, 0.5) is 4.39 Å². The van der Waals surface area contributed by atoms with Gasteiger partial charge in [0.2, 0.25) is 5.91 Å². The van der Waals surface area contributed by atoms with Gasteiger partial charge in [-0.25, -0.2) is 4.39 Å². The van der Waals surface area contributed by atoms with Crippen molar-refractivity contribution in [2.75, 3.05) is 13.2 Å². The summed E-state index contributed by atoms with van der Waals surface area (Å²) in [6, 6.07) is 5.72. The van der Waals surface area contributed by atoms with Gasteiger partial charge in [-0.3, -0.25) is 4.79 Å². The summed E-state index contributed by atoms with van der Waals surface area (Å²) in [5.41, 5.74) is 0. The van der Waals surface area contributed by atoms with Crippen molar-refractivity contribution in [1.29, 1.82) is 0 Å². The van der Waals surface area contributed by atoms with Crippen LogP contribution in [-0.2, 0) is 4.79 Å². The van der Waals surface area contributed by atoms with Gasteiger partial charge in [-0.1, -0.05) is 18.2 Å². The van der Waals surface area contributed by atoms with E-state index in [0.29, 0.717) is 18.1 Å². The van der Waals surface area contributed by atoms with Crippen molar-refractivity contribution >= 4 is 5.91 Å². The molecule has 0 radical (unpaired) electrons. The van der Waals surface area contributed by atoms with Gasteiger partial charge in [-0.05, 0) is 30.9 Å². The number of nitrogens with one attached hydrogen (secondary N) is 1. The van der Waals surface area contributed by atoms with Crippen molar-refractivity contribution < 1.29 is 19.0 Å². The zero-order valence-electron chi connectivity index (χ0n) is 11.8. The van der Waals surface area contributed by atoms with Crippen molar-refractivity contribution in [3.63, 3.8) is 0 Å². The van der Waals surface area contributed by atoms with Crippen LogP contribution < -0.4 is 10.1 Å². The van der Waals surface area contributed by atoms with Crippen LogP contribution in [0.1, 0.15) is 19.3 Å². The largest absolute Gasteiger partial charge is 0.491 e. The lowest BCUT2D eigenvalue weighted by Gasteiger charge is -2.14. The second-order valence-corrected chi connectivity index (χ2v) is 5.20. The monoisotopic (exact) mass is 293 g/mol. The minimum absolute atomic E-state index is 0.00701. The molecule has 0 aromatic heterocycles. The van der Waals surface area contributed by atoms with Gasteiger partial charge in [0.1, 0.15) is 24.3 Å². The molecule has 1 amide bonds. The Labute approximate surface area is 123 Å². The van der Waals surface area contributed by atoms with Gasteiger partial charge in [-0.2, -0.15) is 0 Å². The molecule has 5 heteroatoms. The summed E-state index contributed by atoms with van der Waals surface area (Å²) in [4.78, 5) is 11.7. The Bertz CT molecular complexity index is 504. The van der Waals surface area contributed by atoms with E-state index >= 15 is 0 Å². The smallest absolute Gasteiger partial charge is 0.220 e. The number of carbonyl (C=O) groups excluding carboxylic acids is 1. The fourth-order valence-electron chi connectivity index (χ4n) is 2.22. The van der Waals surface area contributed by atoms with E-state index in [1.165, 1.54) is 18.2 Å². The normalized spacial score (nSPS) is 18.5. The van der Waals surface area contributed by atoms with Gasteiger partial charge in [0.05, 0.1) is 0 Å². The highest BCUT2D eigenvalue weighted by molar-refractivity contribution is 5.76. The Hall–Kier alpha value is -1.88. The van der Waals surface area contributed by atoms with E-state index in [4.69, 9.17) is 4.74 Å². The lowest BCUT2D eigenvalue weighted by Crippen LogP contribution is -2.35. The Morgan fingerprint density at radius 2 is 2.38 bits per heavy atom. The third kappa shape index (κ3) is 5.55. The molecule has 2 atom stereocenters. The fraction of sp³-hybridized carbons (Fsp3) is 0.438. The van der Waals surface area contributed by atoms with Crippen LogP contribution >= 0.6 is 0 Å². The Balaban J connectivity index is 1.63. The predicted molar refractivity (Wildman–Crippen MR) is 77.4 cm³/mol. The highest BCUT2D eigenvalue weighted by Gasteiger charge is 2.15. The molecule has 0 unspecified atom stereocenters. The fourth-order valence-corrected chi connectivity index (χ4v) is 2.22. The van der Waals surface area contributed by atoms with E-state index in [2.05, 4.69) is 17.5 Å². The van der Waals surface area contributed by atoms with E-state index < -0.39 is 6.10 Å². The molecule has 1 aromatic carbocycles. The van der Waals surface area contributed by atoms with Crippen molar-refractivity contribution in [3.8, 4) is 5.75 Å². The van der Waals surface area contributed by atoms with Gasteiger partial charge >= 0.3 is 0 Å². The van der Waals surface area contributed by atoms with Crippen molar-refractivity contribution in [2.24, 2.45) is 5.92 Å². The molecule has 0 heterocycles. The summed E-state index contributed by atoms with van der Waals surface area (Å²) in [5, 5.41) is 12.4. The first-order valence-electron chi connectivity index (χ1n) is 7.13. The van der Waals surface area contributed by atoms with Crippen LogP contribution in [0, 0.1) is 11.7 Å². The first kappa shape index (κ1) is 15.5. The number of amides is 1. The molecular weight excluding hydrogens is 273 g/mol. The SMILES string of the molecule is O=C(C[C@@H]1C=CCC1)NC[C@@H](O)COc1cccc(F)c1. The maximum Gasteiger partial charge on any atom is 0.220 e. The molecular formula is C16H20FNO3. The summed E-state index contributed by atoms with van der Waals surface area (Å²) in [5.74, 6) is 0.207. The maximum absolute atomic E-state index is 12.9. The first-order chi connectivity index (χ1) is 10.1. The number of benzene rings is 1. The quantitative estimate of drug-likeness (QED) is 0.756. The number of allylic oxidation sites excluding steroid dienone is 2. The molecule has 0 saturated carbocycles. The average Bonchev–Trinajstić information content (AvgIpc) is 2.96. The van der Waals surface area contributed by atoms with Gasteiger partial charge in [0.25, 0.3) is 0 Å². The molecule has 1 aromatic rings. The number of aliphatic hydroxyl groups excluding tert-OH is 1. The third-order valence-electron chi connectivity index (χ3n) is 3.33. The highest BCUT2D eigenvalue weighted by Crippen LogP contribution is 2.19. The van der Waals surface area contributed by atoms with Gasteiger partial charge < -0.3 is 15.2 Å². The number of aliphatic hydroxyl groups is 1. The number of hydrogen-bond acceptors (Lipinski definition) is 3. The number of rotatable bonds is 7. The Morgan fingerprint density at radius 3 is 3.10 bits per heavy atom. The Morgan fingerprint density at radius 1 is 1.52 bits per heavy atom. The van der Waals surface area contributed by atoms with Gasteiger partial charge in [0.15, 0.2) is 0 Å². The zero-order valence-corrected chi connectivity index (χ0v) is 11.8. The maximum atomic E-state index is 12.9. The number of halogens is 1. The van der Waals surface area contributed by atoms with Crippen LogP contribution in [-0.4, -0.2) is 30.3 Å². The summed E-state index contributed by atoms with van der Waals surface area (Å²) >= 11 is 0. The van der Waals surface area contributed by atoms with Crippen molar-refractivity contribution in [2.45, 2.75) is 25.4 Å². The second kappa shape index (κ2) is 7.78. The topological polar surface area (TPSA) is 58.6 Å². The lowest BCUT2D eigenvalue weighted by atomic mass is 10.1. The molecule has 1 aliphatic rings. The number of carbonyl (C=O) groups is 1. The second-order valence-electron chi connectivity index (χ2n) is 5.20. The first-order valence-corrected chi connectivity index (χ1v) is 7.13. The molecule has 4 nitrogen and oxygen atoms in total. The molecule has 1 aliphatic carbocycles. The number of ether oxygens (including phenoxy) is 1. The van der Waals surface area contributed by atoms with E-state index in [1.807, 2.05) is 0 Å². The molecule has 0 fully saturated rings. The molecule has 2 N–H and O–H groups in total. The zero-order chi connectivity index (χ0) is 15.1. The van der Waals surface area contributed by atoms with Gasteiger partial charge in [0, 0.05) is 19.0 Å². The van der Waals surface area contributed by atoms with Crippen LogP contribution in [0.3, 0.4) is 0 Å². The average molecular weight is 293 g/mol. The summed E-state index contributed by atoms with van der Waals surface area (Å²) < 4.78 is 18.2. The van der Waals surface area contributed by atoms with Crippen molar-refractivity contribution in [1.82, 2.24) is 5.32 Å². The van der Waals surface area contributed by atoms with Crippen LogP contribution in [0.2, 0.25) is 0 Å². The van der Waals surface area contributed by atoms with E-state index in [9.17, 15) is 14.3 Å². The predicted octanol–water partition coefficient (Wildman–Crippen LogP) is 2.04. The van der Waals surface area contributed by atoms with Gasteiger partial charge in [-0.15, -0.1) is 0 Å². The summed E-state index contributed by atoms with van der Waals surface area (Å²) in [7, 11) is 0.